The number of aryl methyl sites for hydroxylation is 1. The summed E-state index contributed by atoms with van der Waals surface area (Å²) in [6, 6.07) is 0.363. The molecule has 0 unspecified atom stereocenters. The number of rotatable bonds is 7. The van der Waals surface area contributed by atoms with E-state index in [2.05, 4.69) is 39.6 Å². The van der Waals surface area contributed by atoms with Gasteiger partial charge in [-0.3, -0.25) is 4.79 Å². The molecule has 7 heteroatoms. The van der Waals surface area contributed by atoms with Gasteiger partial charge in [0.2, 0.25) is 0 Å². The van der Waals surface area contributed by atoms with Crippen molar-refractivity contribution < 1.29 is 4.79 Å². The van der Waals surface area contributed by atoms with Gasteiger partial charge in [0.1, 0.15) is 17.0 Å². The number of nitrogens with zero attached hydrogens (tertiary/aromatic N) is 3. The van der Waals surface area contributed by atoms with Gasteiger partial charge in [-0.1, -0.05) is 0 Å². The molecular formula is C16H23N5OS. The van der Waals surface area contributed by atoms with E-state index >= 15 is 0 Å². The molecule has 1 saturated carbocycles. The smallest absolute Gasteiger partial charge is 0.261 e. The molecule has 2 heterocycles. The Bertz CT molecular complexity index is 708. The fraction of sp³-hybridized carbons (Fsp3) is 0.562. The van der Waals surface area contributed by atoms with E-state index < -0.39 is 0 Å². The molecule has 0 saturated heterocycles. The summed E-state index contributed by atoms with van der Waals surface area (Å²) in [6.45, 7) is 3.86. The number of fused-ring (bicyclic) bond motifs is 1. The third-order valence-electron chi connectivity index (χ3n) is 3.92. The lowest BCUT2D eigenvalue weighted by atomic mass is 10.2. The Hall–Kier alpha value is -1.73. The van der Waals surface area contributed by atoms with E-state index in [9.17, 15) is 4.79 Å². The summed E-state index contributed by atoms with van der Waals surface area (Å²) in [5, 5.41) is 7.42. The first-order valence-corrected chi connectivity index (χ1v) is 8.81. The molecule has 23 heavy (non-hydrogen) atoms. The molecule has 124 valence electrons. The molecule has 1 aliphatic carbocycles. The van der Waals surface area contributed by atoms with E-state index in [-0.39, 0.29) is 5.91 Å². The lowest BCUT2D eigenvalue weighted by molar-refractivity contribution is 0.0954. The minimum absolute atomic E-state index is 0.0200. The third kappa shape index (κ3) is 3.79. The fourth-order valence-corrected chi connectivity index (χ4v) is 3.55. The zero-order valence-corrected chi connectivity index (χ0v) is 14.7. The van der Waals surface area contributed by atoms with Crippen LogP contribution in [0.15, 0.2) is 6.33 Å². The second kappa shape index (κ2) is 6.80. The quantitative estimate of drug-likeness (QED) is 0.761. The van der Waals surface area contributed by atoms with E-state index in [1.54, 1.807) is 6.33 Å². The highest BCUT2D eigenvalue weighted by molar-refractivity contribution is 7.20. The Kier molecular flexibility index (Phi) is 4.77. The number of amides is 1. The molecule has 0 bridgehead atoms. The Morgan fingerprint density at radius 1 is 1.39 bits per heavy atom. The molecule has 0 aromatic carbocycles. The molecule has 1 fully saturated rings. The standard InChI is InChI=1S/C16H23N5OS/c1-10-12-14(17-7-4-8-21(2)3)18-9-19-16(12)23-13(10)15(22)20-11-5-6-11/h9,11H,4-8H2,1-3H3,(H,20,22)(H,17,18,19). The maximum atomic E-state index is 12.4. The molecule has 2 N–H and O–H groups in total. The van der Waals surface area contributed by atoms with Gasteiger partial charge in [0, 0.05) is 12.6 Å². The Balaban J connectivity index is 1.78. The predicted octanol–water partition coefficient (Wildman–Crippen LogP) is 2.26. The molecule has 1 amide bonds. The summed E-state index contributed by atoms with van der Waals surface area (Å²) in [4.78, 5) is 24.8. The summed E-state index contributed by atoms with van der Waals surface area (Å²) >= 11 is 1.45. The molecular weight excluding hydrogens is 310 g/mol. The van der Waals surface area contributed by atoms with E-state index in [1.807, 2.05) is 6.92 Å². The van der Waals surface area contributed by atoms with Gasteiger partial charge in [0.15, 0.2) is 0 Å². The van der Waals surface area contributed by atoms with Crippen molar-refractivity contribution in [2.24, 2.45) is 0 Å². The first-order valence-electron chi connectivity index (χ1n) is 8.00. The number of anilines is 1. The minimum Gasteiger partial charge on any atom is -0.369 e. The number of hydrogen-bond donors (Lipinski definition) is 2. The zero-order chi connectivity index (χ0) is 16.4. The van der Waals surface area contributed by atoms with Crippen LogP contribution in [0, 0.1) is 6.92 Å². The van der Waals surface area contributed by atoms with E-state index in [0.717, 1.165) is 58.8 Å². The van der Waals surface area contributed by atoms with E-state index in [4.69, 9.17) is 0 Å². The number of aromatic nitrogens is 2. The lowest BCUT2D eigenvalue weighted by Crippen LogP contribution is -2.25. The molecule has 6 nitrogen and oxygen atoms in total. The average Bonchev–Trinajstić information content (AvgIpc) is 3.25. The van der Waals surface area contributed by atoms with Crippen LogP contribution in [-0.2, 0) is 0 Å². The summed E-state index contributed by atoms with van der Waals surface area (Å²) in [5.41, 5.74) is 0.971. The van der Waals surface area contributed by atoms with Crippen LogP contribution in [0.5, 0.6) is 0 Å². The zero-order valence-electron chi connectivity index (χ0n) is 13.8. The highest BCUT2D eigenvalue weighted by Crippen LogP contribution is 2.33. The number of carbonyl (C=O) groups excluding carboxylic acids is 1. The Labute approximate surface area is 140 Å². The van der Waals surface area contributed by atoms with Gasteiger partial charge >= 0.3 is 0 Å². The van der Waals surface area contributed by atoms with Crippen molar-refractivity contribution in [3.8, 4) is 0 Å². The van der Waals surface area contributed by atoms with Gasteiger partial charge in [0.25, 0.3) is 5.91 Å². The summed E-state index contributed by atoms with van der Waals surface area (Å²) < 4.78 is 0. The predicted molar refractivity (Wildman–Crippen MR) is 94.3 cm³/mol. The van der Waals surface area contributed by atoms with Crippen molar-refractivity contribution in [2.75, 3.05) is 32.5 Å². The first kappa shape index (κ1) is 16.1. The summed E-state index contributed by atoms with van der Waals surface area (Å²) in [7, 11) is 4.13. The Morgan fingerprint density at radius 3 is 2.87 bits per heavy atom. The SMILES string of the molecule is Cc1c(C(=O)NC2CC2)sc2ncnc(NCCCN(C)C)c12. The normalized spacial score (nSPS) is 14.4. The number of carbonyl (C=O) groups is 1. The van der Waals surface area contributed by atoms with Crippen molar-refractivity contribution in [2.45, 2.75) is 32.2 Å². The highest BCUT2D eigenvalue weighted by atomic mass is 32.1. The minimum atomic E-state index is 0.0200. The van der Waals surface area contributed by atoms with Gasteiger partial charge in [-0.05, 0) is 52.4 Å². The fourth-order valence-electron chi connectivity index (χ4n) is 2.50. The molecule has 3 rings (SSSR count). The molecule has 0 radical (unpaired) electrons. The van der Waals surface area contributed by atoms with Gasteiger partial charge in [-0.25, -0.2) is 9.97 Å². The highest BCUT2D eigenvalue weighted by Gasteiger charge is 2.26. The number of hydrogen-bond acceptors (Lipinski definition) is 6. The van der Waals surface area contributed by atoms with Crippen molar-refractivity contribution in [3.63, 3.8) is 0 Å². The molecule has 2 aromatic rings. The van der Waals surface area contributed by atoms with Crippen LogP contribution in [0.4, 0.5) is 5.82 Å². The molecule has 1 aliphatic rings. The second-order valence-electron chi connectivity index (χ2n) is 6.29. The van der Waals surface area contributed by atoms with Crippen LogP contribution >= 0.6 is 11.3 Å². The van der Waals surface area contributed by atoms with Crippen LogP contribution in [-0.4, -0.2) is 54.0 Å². The van der Waals surface area contributed by atoms with Crippen LogP contribution in [0.25, 0.3) is 10.2 Å². The lowest BCUT2D eigenvalue weighted by Gasteiger charge is -2.10. The molecule has 0 spiro atoms. The molecule has 0 atom stereocenters. The first-order chi connectivity index (χ1) is 11.1. The van der Waals surface area contributed by atoms with Gasteiger partial charge in [0.05, 0.1) is 10.3 Å². The van der Waals surface area contributed by atoms with Crippen LogP contribution in [0.2, 0.25) is 0 Å². The molecule has 2 aromatic heterocycles. The monoisotopic (exact) mass is 333 g/mol. The van der Waals surface area contributed by atoms with Gasteiger partial charge in [-0.15, -0.1) is 11.3 Å². The summed E-state index contributed by atoms with van der Waals surface area (Å²) in [6.07, 6.45) is 4.79. The van der Waals surface area contributed by atoms with Crippen LogP contribution in [0.3, 0.4) is 0 Å². The van der Waals surface area contributed by atoms with Crippen molar-refractivity contribution in [3.05, 3.63) is 16.8 Å². The maximum Gasteiger partial charge on any atom is 0.261 e. The van der Waals surface area contributed by atoms with E-state index in [0.29, 0.717) is 6.04 Å². The van der Waals surface area contributed by atoms with Crippen molar-refractivity contribution in [1.82, 2.24) is 20.2 Å². The number of thiophene rings is 1. The third-order valence-corrected chi connectivity index (χ3v) is 5.12. The average molecular weight is 333 g/mol. The largest absolute Gasteiger partial charge is 0.369 e. The van der Waals surface area contributed by atoms with E-state index in [1.165, 1.54) is 11.3 Å². The van der Waals surface area contributed by atoms with Crippen molar-refractivity contribution in [1.29, 1.82) is 0 Å². The topological polar surface area (TPSA) is 70.1 Å². The van der Waals surface area contributed by atoms with Crippen molar-refractivity contribution >= 4 is 33.3 Å². The number of nitrogens with one attached hydrogen (secondary N) is 2. The van der Waals surface area contributed by atoms with Gasteiger partial charge in [-0.2, -0.15) is 0 Å². The maximum absolute atomic E-state index is 12.4. The van der Waals surface area contributed by atoms with Crippen LogP contribution < -0.4 is 10.6 Å². The Morgan fingerprint density at radius 2 is 2.17 bits per heavy atom. The van der Waals surface area contributed by atoms with Crippen LogP contribution in [0.1, 0.15) is 34.5 Å². The molecule has 0 aliphatic heterocycles. The summed E-state index contributed by atoms with van der Waals surface area (Å²) in [5.74, 6) is 0.847. The second-order valence-corrected chi connectivity index (χ2v) is 7.29. The van der Waals surface area contributed by atoms with Gasteiger partial charge < -0.3 is 15.5 Å².